The van der Waals surface area contributed by atoms with Crippen LogP contribution in [-0.4, -0.2) is 15.9 Å². The normalized spacial score (nSPS) is 24.6. The first-order chi connectivity index (χ1) is 7.49. The Morgan fingerprint density at radius 3 is 2.94 bits per heavy atom. The summed E-state index contributed by atoms with van der Waals surface area (Å²) in [7, 11) is -1.33. The van der Waals surface area contributed by atoms with Gasteiger partial charge in [-0.2, -0.15) is 0 Å². The minimum atomic E-state index is -1.33. The number of hydrogen-bond acceptors (Lipinski definition) is 2. The molecule has 1 amide bonds. The summed E-state index contributed by atoms with van der Waals surface area (Å²) < 4.78 is 25.6. The van der Waals surface area contributed by atoms with Gasteiger partial charge in [0.15, 0.2) is 0 Å². The van der Waals surface area contributed by atoms with Crippen molar-refractivity contribution in [1.82, 2.24) is 0 Å². The summed E-state index contributed by atoms with van der Waals surface area (Å²) in [6, 6.07) is 2.75. The molecule has 0 fully saturated rings. The number of halogens is 2. The second kappa shape index (κ2) is 4.40. The van der Waals surface area contributed by atoms with Gasteiger partial charge in [-0.05, 0) is 34.7 Å². The van der Waals surface area contributed by atoms with E-state index < -0.39 is 16.6 Å². The molecule has 0 saturated heterocycles. The van der Waals surface area contributed by atoms with Gasteiger partial charge in [0.2, 0.25) is 5.91 Å². The quantitative estimate of drug-likeness (QED) is 0.727. The SMILES string of the molecule is CC1CS(=O)c2cc(F)c(I)cc2NC1=O. The third-order valence-electron chi connectivity index (χ3n) is 2.37. The van der Waals surface area contributed by atoms with E-state index in [1.165, 1.54) is 12.1 Å². The Labute approximate surface area is 108 Å². The predicted molar refractivity (Wildman–Crippen MR) is 68.2 cm³/mol. The third-order valence-corrected chi connectivity index (χ3v) is 4.83. The van der Waals surface area contributed by atoms with Crippen LogP contribution in [0.2, 0.25) is 0 Å². The number of carbonyl (C=O) groups is 1. The average molecular weight is 353 g/mol. The predicted octanol–water partition coefficient (Wildman–Crippen LogP) is 2.13. The lowest BCUT2D eigenvalue weighted by molar-refractivity contribution is -0.118. The summed E-state index contributed by atoms with van der Waals surface area (Å²) in [4.78, 5) is 11.9. The van der Waals surface area contributed by atoms with Crippen LogP contribution in [0.3, 0.4) is 0 Å². The van der Waals surface area contributed by atoms with Crippen LogP contribution < -0.4 is 5.32 Å². The van der Waals surface area contributed by atoms with Crippen molar-refractivity contribution in [1.29, 1.82) is 0 Å². The Morgan fingerprint density at radius 2 is 2.25 bits per heavy atom. The monoisotopic (exact) mass is 353 g/mol. The van der Waals surface area contributed by atoms with Crippen LogP contribution in [0.4, 0.5) is 10.1 Å². The molecule has 0 saturated carbocycles. The van der Waals surface area contributed by atoms with Crippen molar-refractivity contribution in [2.45, 2.75) is 11.8 Å². The second-order valence-electron chi connectivity index (χ2n) is 3.66. The van der Waals surface area contributed by atoms with Crippen LogP contribution >= 0.6 is 22.6 Å². The van der Waals surface area contributed by atoms with Crippen LogP contribution in [0.15, 0.2) is 17.0 Å². The van der Waals surface area contributed by atoms with Gasteiger partial charge in [0.25, 0.3) is 0 Å². The van der Waals surface area contributed by atoms with Crippen molar-refractivity contribution in [2.24, 2.45) is 5.92 Å². The third kappa shape index (κ3) is 2.13. The largest absolute Gasteiger partial charge is 0.325 e. The Balaban J connectivity index is 2.56. The zero-order valence-electron chi connectivity index (χ0n) is 8.42. The molecule has 0 radical (unpaired) electrons. The molecule has 2 atom stereocenters. The molecule has 2 rings (SSSR count). The summed E-state index contributed by atoms with van der Waals surface area (Å²) >= 11 is 1.84. The van der Waals surface area contributed by atoms with Gasteiger partial charge in [0.05, 0.1) is 25.0 Å². The van der Waals surface area contributed by atoms with Crippen molar-refractivity contribution in [3.8, 4) is 0 Å². The zero-order valence-corrected chi connectivity index (χ0v) is 11.4. The summed E-state index contributed by atoms with van der Waals surface area (Å²) in [5, 5.41) is 2.67. The van der Waals surface area contributed by atoms with Gasteiger partial charge in [-0.3, -0.25) is 9.00 Å². The van der Waals surface area contributed by atoms with Gasteiger partial charge in [-0.25, -0.2) is 4.39 Å². The molecular formula is C10H9FINO2S. The maximum atomic E-state index is 13.4. The number of carbonyl (C=O) groups excluding carboxylic acids is 1. The fourth-order valence-electron chi connectivity index (χ4n) is 1.46. The molecule has 0 aromatic heterocycles. The molecule has 1 heterocycles. The van der Waals surface area contributed by atoms with E-state index in [9.17, 15) is 13.4 Å². The van der Waals surface area contributed by atoms with E-state index in [1.54, 1.807) is 6.92 Å². The number of fused-ring (bicyclic) bond motifs is 1. The lowest BCUT2D eigenvalue weighted by Crippen LogP contribution is -2.21. The summed E-state index contributed by atoms with van der Waals surface area (Å²) in [6.45, 7) is 1.71. The molecule has 0 spiro atoms. The number of anilines is 1. The highest BCUT2D eigenvalue weighted by Gasteiger charge is 2.25. The fraction of sp³-hybridized carbons (Fsp3) is 0.300. The van der Waals surface area contributed by atoms with E-state index in [4.69, 9.17) is 0 Å². The van der Waals surface area contributed by atoms with E-state index in [0.717, 1.165) is 0 Å². The highest BCUT2D eigenvalue weighted by atomic mass is 127. The zero-order chi connectivity index (χ0) is 11.9. The Hall–Kier alpha value is -0.500. The molecule has 1 aliphatic heterocycles. The molecule has 1 aromatic rings. The molecule has 86 valence electrons. The topological polar surface area (TPSA) is 46.2 Å². The number of nitrogens with one attached hydrogen (secondary N) is 1. The minimum Gasteiger partial charge on any atom is -0.325 e. The maximum absolute atomic E-state index is 13.4. The van der Waals surface area contributed by atoms with Crippen LogP contribution in [0.1, 0.15) is 6.92 Å². The number of hydrogen-bond donors (Lipinski definition) is 1. The van der Waals surface area contributed by atoms with Gasteiger partial charge in [0.1, 0.15) is 5.82 Å². The Kier molecular flexibility index (Phi) is 3.29. The molecule has 6 heteroatoms. The van der Waals surface area contributed by atoms with E-state index in [1.807, 2.05) is 22.6 Å². The van der Waals surface area contributed by atoms with E-state index >= 15 is 0 Å². The smallest absolute Gasteiger partial charge is 0.228 e. The Morgan fingerprint density at radius 1 is 1.56 bits per heavy atom. The van der Waals surface area contributed by atoms with Gasteiger partial charge in [-0.1, -0.05) is 6.92 Å². The minimum absolute atomic E-state index is 0.172. The van der Waals surface area contributed by atoms with Crippen LogP contribution in [0.5, 0.6) is 0 Å². The summed E-state index contributed by atoms with van der Waals surface area (Å²) in [6.07, 6.45) is 0. The maximum Gasteiger partial charge on any atom is 0.228 e. The summed E-state index contributed by atoms with van der Waals surface area (Å²) in [5.41, 5.74) is 0.457. The fourth-order valence-corrected chi connectivity index (χ4v) is 3.31. The van der Waals surface area contributed by atoms with E-state index in [-0.39, 0.29) is 17.6 Å². The van der Waals surface area contributed by atoms with Gasteiger partial charge in [0, 0.05) is 11.7 Å². The lowest BCUT2D eigenvalue weighted by atomic mass is 10.2. The molecular weight excluding hydrogens is 344 g/mol. The van der Waals surface area contributed by atoms with Gasteiger partial charge in [-0.15, -0.1) is 0 Å². The molecule has 16 heavy (non-hydrogen) atoms. The average Bonchev–Trinajstić information content (AvgIpc) is 2.30. The number of amides is 1. The molecule has 3 nitrogen and oxygen atoms in total. The highest BCUT2D eigenvalue weighted by molar-refractivity contribution is 14.1. The second-order valence-corrected chi connectivity index (χ2v) is 6.29. The van der Waals surface area contributed by atoms with Crippen LogP contribution in [0.25, 0.3) is 0 Å². The molecule has 1 aliphatic rings. The Bertz CT molecular complexity index is 492. The van der Waals surface area contributed by atoms with Crippen molar-refractivity contribution >= 4 is 45.0 Å². The van der Waals surface area contributed by atoms with Gasteiger partial charge >= 0.3 is 0 Å². The van der Waals surface area contributed by atoms with Crippen LogP contribution in [0, 0.1) is 15.3 Å². The van der Waals surface area contributed by atoms with Gasteiger partial charge < -0.3 is 5.32 Å². The van der Waals surface area contributed by atoms with Crippen molar-refractivity contribution in [3.05, 3.63) is 21.5 Å². The molecule has 0 aliphatic carbocycles. The first-order valence-electron chi connectivity index (χ1n) is 4.67. The van der Waals surface area contributed by atoms with E-state index in [2.05, 4.69) is 5.32 Å². The van der Waals surface area contributed by atoms with Crippen molar-refractivity contribution in [3.63, 3.8) is 0 Å². The summed E-state index contributed by atoms with van der Waals surface area (Å²) in [5.74, 6) is -0.668. The molecule has 2 unspecified atom stereocenters. The molecule has 1 aromatic carbocycles. The molecule has 0 bridgehead atoms. The lowest BCUT2D eigenvalue weighted by Gasteiger charge is -2.07. The van der Waals surface area contributed by atoms with Crippen molar-refractivity contribution in [2.75, 3.05) is 11.1 Å². The molecule has 1 N–H and O–H groups in total. The van der Waals surface area contributed by atoms with Crippen LogP contribution in [-0.2, 0) is 15.6 Å². The number of benzene rings is 1. The highest BCUT2D eigenvalue weighted by Crippen LogP contribution is 2.28. The first kappa shape index (κ1) is 12.0. The van der Waals surface area contributed by atoms with Crippen molar-refractivity contribution < 1.29 is 13.4 Å². The standard InChI is InChI=1S/C10H9FINO2S/c1-5-4-16(15)9-2-6(11)7(12)3-8(9)13-10(5)14/h2-3,5H,4H2,1H3,(H,13,14). The van der Waals surface area contributed by atoms with E-state index in [0.29, 0.717) is 14.2 Å². The first-order valence-corrected chi connectivity index (χ1v) is 7.07. The number of rotatable bonds is 0.